The van der Waals surface area contributed by atoms with Gasteiger partial charge in [0, 0.05) is 29.8 Å². The molecule has 2 aromatic carbocycles. The maximum absolute atomic E-state index is 12.5. The van der Waals surface area contributed by atoms with Gasteiger partial charge in [-0.3, -0.25) is 4.79 Å². The third kappa shape index (κ3) is 2.68. The standard InChI is InChI=1S/C18H18N2O2/c1-3-22-14-10-8-13(9-11-14)19-18(21)16-12-20(2)17-7-5-4-6-15(16)17/h4-12H,3H2,1-2H3,(H,19,21). The summed E-state index contributed by atoms with van der Waals surface area (Å²) in [5, 5.41) is 3.88. The Morgan fingerprint density at radius 3 is 2.59 bits per heavy atom. The summed E-state index contributed by atoms with van der Waals surface area (Å²) in [5.41, 5.74) is 2.47. The number of nitrogens with zero attached hydrogens (tertiary/aromatic N) is 1. The third-order valence-electron chi connectivity index (χ3n) is 3.56. The molecule has 3 aromatic rings. The predicted molar refractivity (Wildman–Crippen MR) is 88.5 cm³/mol. The maximum atomic E-state index is 12.5. The molecule has 0 unspecified atom stereocenters. The fourth-order valence-corrected chi connectivity index (χ4v) is 2.52. The molecule has 4 heteroatoms. The first-order valence-corrected chi connectivity index (χ1v) is 7.27. The van der Waals surface area contributed by atoms with Gasteiger partial charge in [-0.15, -0.1) is 0 Å². The summed E-state index contributed by atoms with van der Waals surface area (Å²) < 4.78 is 7.36. The van der Waals surface area contributed by atoms with Gasteiger partial charge in [0.1, 0.15) is 5.75 Å². The smallest absolute Gasteiger partial charge is 0.257 e. The number of anilines is 1. The van der Waals surface area contributed by atoms with Gasteiger partial charge in [0.15, 0.2) is 0 Å². The number of carbonyl (C=O) groups excluding carboxylic acids is 1. The predicted octanol–water partition coefficient (Wildman–Crippen LogP) is 3.83. The van der Waals surface area contributed by atoms with Crippen molar-refractivity contribution in [1.29, 1.82) is 0 Å². The molecule has 0 radical (unpaired) electrons. The van der Waals surface area contributed by atoms with Crippen LogP contribution in [-0.4, -0.2) is 17.1 Å². The number of amides is 1. The SMILES string of the molecule is CCOc1ccc(NC(=O)c2cn(C)c3ccccc23)cc1. The molecule has 0 saturated carbocycles. The van der Waals surface area contributed by atoms with Gasteiger partial charge in [0.2, 0.25) is 0 Å². The van der Waals surface area contributed by atoms with E-state index in [2.05, 4.69) is 5.32 Å². The number of aryl methyl sites for hydroxylation is 1. The Morgan fingerprint density at radius 1 is 1.14 bits per heavy atom. The van der Waals surface area contributed by atoms with Crippen LogP contribution in [0.3, 0.4) is 0 Å². The van der Waals surface area contributed by atoms with Crippen molar-refractivity contribution in [2.24, 2.45) is 7.05 Å². The Morgan fingerprint density at radius 2 is 1.86 bits per heavy atom. The fraction of sp³-hybridized carbons (Fsp3) is 0.167. The first kappa shape index (κ1) is 14.2. The van der Waals surface area contributed by atoms with Crippen LogP contribution in [0, 0.1) is 0 Å². The molecule has 22 heavy (non-hydrogen) atoms. The largest absolute Gasteiger partial charge is 0.494 e. The number of benzene rings is 2. The van der Waals surface area contributed by atoms with E-state index in [0.29, 0.717) is 12.2 Å². The summed E-state index contributed by atoms with van der Waals surface area (Å²) in [6.45, 7) is 2.57. The number of nitrogens with one attached hydrogen (secondary N) is 1. The number of carbonyl (C=O) groups is 1. The van der Waals surface area contributed by atoms with E-state index in [9.17, 15) is 4.79 Å². The highest BCUT2D eigenvalue weighted by atomic mass is 16.5. The molecule has 1 heterocycles. The monoisotopic (exact) mass is 294 g/mol. The molecule has 0 fully saturated rings. The molecule has 0 aliphatic heterocycles. The second-order valence-corrected chi connectivity index (χ2v) is 5.08. The number of rotatable bonds is 4. The highest BCUT2D eigenvalue weighted by Gasteiger charge is 2.13. The van der Waals surface area contributed by atoms with Crippen LogP contribution in [0.5, 0.6) is 5.75 Å². The van der Waals surface area contributed by atoms with Crippen molar-refractivity contribution in [3.05, 3.63) is 60.3 Å². The van der Waals surface area contributed by atoms with Gasteiger partial charge in [0.05, 0.1) is 12.2 Å². The molecule has 1 N–H and O–H groups in total. The molecule has 1 amide bonds. The quantitative estimate of drug-likeness (QED) is 0.794. The lowest BCUT2D eigenvalue weighted by Crippen LogP contribution is -2.11. The van der Waals surface area contributed by atoms with Crippen LogP contribution >= 0.6 is 0 Å². The van der Waals surface area contributed by atoms with E-state index in [0.717, 1.165) is 22.3 Å². The second-order valence-electron chi connectivity index (χ2n) is 5.08. The average molecular weight is 294 g/mol. The van der Waals surface area contributed by atoms with E-state index in [1.165, 1.54) is 0 Å². The Balaban J connectivity index is 1.84. The molecule has 0 saturated heterocycles. The number of aromatic nitrogens is 1. The van der Waals surface area contributed by atoms with Gasteiger partial charge in [0.25, 0.3) is 5.91 Å². The van der Waals surface area contributed by atoms with Crippen molar-refractivity contribution < 1.29 is 9.53 Å². The van der Waals surface area contributed by atoms with Gasteiger partial charge in [-0.05, 0) is 37.3 Å². The third-order valence-corrected chi connectivity index (χ3v) is 3.56. The maximum Gasteiger partial charge on any atom is 0.257 e. The van der Waals surface area contributed by atoms with E-state index < -0.39 is 0 Å². The summed E-state index contributed by atoms with van der Waals surface area (Å²) >= 11 is 0. The highest BCUT2D eigenvalue weighted by molar-refractivity contribution is 6.12. The second kappa shape index (κ2) is 5.93. The molecule has 4 nitrogen and oxygen atoms in total. The molecule has 0 atom stereocenters. The number of fused-ring (bicyclic) bond motifs is 1. The van der Waals surface area contributed by atoms with E-state index >= 15 is 0 Å². The van der Waals surface area contributed by atoms with Crippen LogP contribution in [0.25, 0.3) is 10.9 Å². The summed E-state index contributed by atoms with van der Waals surface area (Å²) in [7, 11) is 1.94. The van der Waals surface area contributed by atoms with Crippen LogP contribution in [0.4, 0.5) is 5.69 Å². The molecule has 0 spiro atoms. The van der Waals surface area contributed by atoms with Crippen LogP contribution in [0.15, 0.2) is 54.7 Å². The van der Waals surface area contributed by atoms with Gasteiger partial charge in [-0.1, -0.05) is 18.2 Å². The number of ether oxygens (including phenoxy) is 1. The zero-order valence-electron chi connectivity index (χ0n) is 12.7. The van der Waals surface area contributed by atoms with Crippen LogP contribution in [0.1, 0.15) is 17.3 Å². The van der Waals surface area contributed by atoms with Gasteiger partial charge in [-0.25, -0.2) is 0 Å². The summed E-state index contributed by atoms with van der Waals surface area (Å²) in [4.78, 5) is 12.5. The van der Waals surface area contributed by atoms with Crippen molar-refractivity contribution in [2.75, 3.05) is 11.9 Å². The topological polar surface area (TPSA) is 43.3 Å². The van der Waals surface area contributed by atoms with E-state index in [1.807, 2.05) is 73.3 Å². The number of hydrogen-bond donors (Lipinski definition) is 1. The Bertz CT molecular complexity index is 804. The first-order chi connectivity index (χ1) is 10.7. The molecule has 0 bridgehead atoms. The molecule has 112 valence electrons. The number of hydrogen-bond acceptors (Lipinski definition) is 2. The highest BCUT2D eigenvalue weighted by Crippen LogP contribution is 2.22. The number of para-hydroxylation sites is 1. The lowest BCUT2D eigenvalue weighted by Gasteiger charge is -2.06. The molecule has 3 rings (SSSR count). The van der Waals surface area contributed by atoms with E-state index in [-0.39, 0.29) is 5.91 Å². The Hall–Kier alpha value is -2.75. The zero-order valence-corrected chi connectivity index (χ0v) is 12.7. The van der Waals surface area contributed by atoms with Crippen molar-refractivity contribution in [3.63, 3.8) is 0 Å². The first-order valence-electron chi connectivity index (χ1n) is 7.27. The van der Waals surface area contributed by atoms with E-state index in [4.69, 9.17) is 4.74 Å². The fourth-order valence-electron chi connectivity index (χ4n) is 2.52. The Kier molecular flexibility index (Phi) is 3.83. The molecule has 0 aliphatic carbocycles. The molecule has 0 aliphatic rings. The summed E-state index contributed by atoms with van der Waals surface area (Å²) in [6.07, 6.45) is 1.86. The lowest BCUT2D eigenvalue weighted by molar-refractivity contribution is 0.102. The van der Waals surface area contributed by atoms with Crippen LogP contribution < -0.4 is 10.1 Å². The molecular formula is C18H18N2O2. The summed E-state index contributed by atoms with van der Waals surface area (Å²) in [6, 6.07) is 15.3. The van der Waals surface area contributed by atoms with Gasteiger partial charge in [-0.2, -0.15) is 0 Å². The van der Waals surface area contributed by atoms with Crippen LogP contribution in [-0.2, 0) is 7.05 Å². The van der Waals surface area contributed by atoms with Crippen molar-refractivity contribution in [2.45, 2.75) is 6.92 Å². The van der Waals surface area contributed by atoms with Gasteiger partial charge >= 0.3 is 0 Å². The zero-order chi connectivity index (χ0) is 15.5. The van der Waals surface area contributed by atoms with Crippen molar-refractivity contribution >= 4 is 22.5 Å². The minimum atomic E-state index is -0.110. The normalized spacial score (nSPS) is 10.6. The van der Waals surface area contributed by atoms with Crippen LogP contribution in [0.2, 0.25) is 0 Å². The molecular weight excluding hydrogens is 276 g/mol. The van der Waals surface area contributed by atoms with Crippen molar-refractivity contribution in [3.8, 4) is 5.75 Å². The minimum absolute atomic E-state index is 0.110. The van der Waals surface area contributed by atoms with E-state index in [1.54, 1.807) is 0 Å². The lowest BCUT2D eigenvalue weighted by atomic mass is 10.1. The minimum Gasteiger partial charge on any atom is -0.494 e. The van der Waals surface area contributed by atoms with Gasteiger partial charge < -0.3 is 14.6 Å². The average Bonchev–Trinajstić information content (AvgIpc) is 2.87. The molecule has 1 aromatic heterocycles. The van der Waals surface area contributed by atoms with Crippen molar-refractivity contribution in [1.82, 2.24) is 4.57 Å². The summed E-state index contributed by atoms with van der Waals surface area (Å²) in [5.74, 6) is 0.687. The Labute approximate surface area is 129 Å².